The largest absolute Gasteiger partial charge is 0.492 e. The zero-order valence-electron chi connectivity index (χ0n) is 16.3. The van der Waals surface area contributed by atoms with Gasteiger partial charge >= 0.3 is 0 Å². The number of aryl methyl sites for hydroxylation is 1. The smallest absolute Gasteiger partial charge is 0.119 e. The van der Waals surface area contributed by atoms with Gasteiger partial charge in [0.15, 0.2) is 0 Å². The lowest BCUT2D eigenvalue weighted by Gasteiger charge is -2.26. The molecule has 5 heteroatoms. The van der Waals surface area contributed by atoms with Crippen molar-refractivity contribution < 1.29 is 9.47 Å². The van der Waals surface area contributed by atoms with E-state index in [1.807, 2.05) is 11.3 Å². The molecule has 4 rings (SSSR count). The van der Waals surface area contributed by atoms with Crippen LogP contribution in [0.25, 0.3) is 11.3 Å². The van der Waals surface area contributed by atoms with Gasteiger partial charge in [-0.15, -0.1) is 11.3 Å². The first-order chi connectivity index (χ1) is 13.3. The van der Waals surface area contributed by atoms with Crippen molar-refractivity contribution in [2.45, 2.75) is 44.9 Å². The third-order valence-electron chi connectivity index (χ3n) is 5.68. The lowest BCUT2D eigenvalue weighted by atomic mass is 9.90. The summed E-state index contributed by atoms with van der Waals surface area (Å²) in [6.45, 7) is 7.58. The van der Waals surface area contributed by atoms with Crippen molar-refractivity contribution in [2.24, 2.45) is 0 Å². The summed E-state index contributed by atoms with van der Waals surface area (Å²) < 4.78 is 11.3. The first-order valence-corrected chi connectivity index (χ1v) is 11.1. The summed E-state index contributed by atoms with van der Waals surface area (Å²) in [6.07, 6.45) is 6.72. The van der Waals surface area contributed by atoms with E-state index < -0.39 is 0 Å². The zero-order chi connectivity index (χ0) is 18.5. The van der Waals surface area contributed by atoms with E-state index in [2.05, 4.69) is 36.1 Å². The van der Waals surface area contributed by atoms with Gasteiger partial charge in [-0.05, 0) is 44.0 Å². The molecule has 1 aliphatic carbocycles. The van der Waals surface area contributed by atoms with Crippen LogP contribution in [0.5, 0.6) is 5.75 Å². The van der Waals surface area contributed by atoms with Gasteiger partial charge in [-0.2, -0.15) is 0 Å². The van der Waals surface area contributed by atoms with Gasteiger partial charge in [-0.3, -0.25) is 4.90 Å². The molecule has 1 aliphatic heterocycles. The van der Waals surface area contributed by atoms with Crippen molar-refractivity contribution in [3.63, 3.8) is 0 Å². The van der Waals surface area contributed by atoms with Crippen LogP contribution in [-0.2, 0) is 4.74 Å². The Hall–Kier alpha value is -1.43. The maximum absolute atomic E-state index is 5.93. The van der Waals surface area contributed by atoms with Crippen LogP contribution >= 0.6 is 11.3 Å². The van der Waals surface area contributed by atoms with E-state index in [0.717, 1.165) is 50.9 Å². The molecule has 1 aromatic carbocycles. The van der Waals surface area contributed by atoms with E-state index in [9.17, 15) is 0 Å². The molecule has 0 amide bonds. The fourth-order valence-corrected chi connectivity index (χ4v) is 5.15. The maximum Gasteiger partial charge on any atom is 0.119 e. The highest BCUT2D eigenvalue weighted by Crippen LogP contribution is 2.38. The molecule has 1 saturated heterocycles. The van der Waals surface area contributed by atoms with Crippen molar-refractivity contribution in [1.82, 2.24) is 9.88 Å². The Bertz CT molecular complexity index is 716. The Kier molecular flexibility index (Phi) is 6.43. The minimum Gasteiger partial charge on any atom is -0.492 e. The zero-order valence-corrected chi connectivity index (χ0v) is 17.1. The van der Waals surface area contributed by atoms with Gasteiger partial charge in [0.2, 0.25) is 0 Å². The second-order valence-electron chi connectivity index (χ2n) is 7.62. The van der Waals surface area contributed by atoms with Gasteiger partial charge < -0.3 is 9.47 Å². The number of hydrogen-bond acceptors (Lipinski definition) is 5. The van der Waals surface area contributed by atoms with Crippen LogP contribution in [0, 0.1) is 6.92 Å². The van der Waals surface area contributed by atoms with Crippen LogP contribution in [-0.4, -0.2) is 49.3 Å². The van der Waals surface area contributed by atoms with Crippen LogP contribution < -0.4 is 4.74 Å². The summed E-state index contributed by atoms with van der Waals surface area (Å²) in [5.74, 6) is 1.62. The Morgan fingerprint density at radius 3 is 2.59 bits per heavy atom. The second kappa shape index (κ2) is 9.18. The summed E-state index contributed by atoms with van der Waals surface area (Å²) >= 11 is 1.89. The van der Waals surface area contributed by atoms with Crippen LogP contribution in [0.1, 0.15) is 47.9 Å². The predicted octanol–water partition coefficient (Wildman–Crippen LogP) is 4.88. The highest BCUT2D eigenvalue weighted by atomic mass is 32.1. The molecule has 0 unspecified atom stereocenters. The summed E-state index contributed by atoms with van der Waals surface area (Å²) in [4.78, 5) is 8.74. The van der Waals surface area contributed by atoms with Crippen molar-refractivity contribution >= 4 is 11.3 Å². The number of rotatable bonds is 6. The van der Waals surface area contributed by atoms with Gasteiger partial charge in [0, 0.05) is 36.0 Å². The molecule has 2 aromatic rings. The normalized spacial score (nSPS) is 19.3. The lowest BCUT2D eigenvalue weighted by molar-refractivity contribution is 0.0322. The Balaban J connectivity index is 1.35. The molecular formula is C22H30N2O2S. The summed E-state index contributed by atoms with van der Waals surface area (Å²) in [7, 11) is 0. The molecule has 0 radical (unpaired) electrons. The Morgan fingerprint density at radius 1 is 1.11 bits per heavy atom. The number of hydrogen-bond donors (Lipinski definition) is 0. The van der Waals surface area contributed by atoms with Gasteiger partial charge in [0.1, 0.15) is 12.4 Å². The molecule has 0 atom stereocenters. The standard InChI is InChI=1S/C22H30N2O2S/c1-17-21(23-22(27-17)19-5-3-2-4-6-19)18-7-9-20(10-8-18)26-16-13-24-11-14-25-15-12-24/h7-10,19H,2-6,11-16H2,1H3. The third kappa shape index (κ3) is 4.89. The van der Waals surface area contributed by atoms with Crippen molar-refractivity contribution in [3.8, 4) is 17.0 Å². The second-order valence-corrected chi connectivity index (χ2v) is 8.85. The molecule has 27 heavy (non-hydrogen) atoms. The number of nitrogens with zero attached hydrogens (tertiary/aromatic N) is 2. The molecule has 2 fully saturated rings. The SMILES string of the molecule is Cc1sc(C2CCCCC2)nc1-c1ccc(OCCN2CCOCC2)cc1. The van der Waals surface area contributed by atoms with Crippen LogP contribution in [0.2, 0.25) is 0 Å². The quantitative estimate of drug-likeness (QED) is 0.709. The fraction of sp³-hybridized carbons (Fsp3) is 0.591. The van der Waals surface area contributed by atoms with Crippen molar-refractivity contribution in [3.05, 3.63) is 34.2 Å². The minimum atomic E-state index is 0.680. The highest BCUT2D eigenvalue weighted by molar-refractivity contribution is 7.12. The molecule has 1 saturated carbocycles. The molecule has 0 bridgehead atoms. The highest BCUT2D eigenvalue weighted by Gasteiger charge is 2.20. The summed E-state index contributed by atoms with van der Waals surface area (Å²) in [5, 5.41) is 1.34. The molecule has 4 nitrogen and oxygen atoms in total. The van der Waals surface area contributed by atoms with Gasteiger partial charge in [-0.1, -0.05) is 19.3 Å². The molecule has 0 N–H and O–H groups in total. The number of thiazole rings is 1. The number of aromatic nitrogens is 1. The predicted molar refractivity (Wildman–Crippen MR) is 111 cm³/mol. The summed E-state index contributed by atoms with van der Waals surface area (Å²) in [5.41, 5.74) is 2.35. The van der Waals surface area contributed by atoms with E-state index in [4.69, 9.17) is 14.5 Å². The van der Waals surface area contributed by atoms with Crippen molar-refractivity contribution in [1.29, 1.82) is 0 Å². The lowest BCUT2D eigenvalue weighted by Crippen LogP contribution is -2.38. The maximum atomic E-state index is 5.93. The van der Waals surface area contributed by atoms with E-state index >= 15 is 0 Å². The van der Waals surface area contributed by atoms with Crippen LogP contribution in [0.4, 0.5) is 0 Å². The van der Waals surface area contributed by atoms with Crippen molar-refractivity contribution in [2.75, 3.05) is 39.5 Å². The fourth-order valence-electron chi connectivity index (χ4n) is 4.04. The molecule has 146 valence electrons. The Morgan fingerprint density at radius 2 is 1.85 bits per heavy atom. The first kappa shape index (κ1) is 18.9. The first-order valence-electron chi connectivity index (χ1n) is 10.3. The molecule has 0 spiro atoms. The molecule has 2 heterocycles. The number of morpholine rings is 1. The van der Waals surface area contributed by atoms with Gasteiger partial charge in [0.25, 0.3) is 0 Å². The number of benzene rings is 1. The van der Waals surface area contributed by atoms with Crippen LogP contribution in [0.3, 0.4) is 0 Å². The minimum absolute atomic E-state index is 0.680. The third-order valence-corrected chi connectivity index (χ3v) is 6.81. The summed E-state index contributed by atoms with van der Waals surface area (Å²) in [6, 6.07) is 8.45. The van der Waals surface area contributed by atoms with Gasteiger partial charge in [0.05, 0.1) is 23.9 Å². The molecular weight excluding hydrogens is 356 g/mol. The topological polar surface area (TPSA) is 34.6 Å². The average Bonchev–Trinajstić information content (AvgIpc) is 3.12. The van der Waals surface area contributed by atoms with E-state index in [1.54, 1.807) is 0 Å². The van der Waals surface area contributed by atoms with E-state index in [0.29, 0.717) is 5.92 Å². The average molecular weight is 387 g/mol. The van der Waals surface area contributed by atoms with Crippen LogP contribution in [0.15, 0.2) is 24.3 Å². The van der Waals surface area contributed by atoms with E-state index in [1.165, 1.54) is 47.6 Å². The van der Waals surface area contributed by atoms with Gasteiger partial charge in [-0.25, -0.2) is 4.98 Å². The van der Waals surface area contributed by atoms with E-state index in [-0.39, 0.29) is 0 Å². The Labute approximate surface area is 166 Å². The molecule has 1 aromatic heterocycles. The molecule has 2 aliphatic rings. The number of ether oxygens (including phenoxy) is 2. The monoisotopic (exact) mass is 386 g/mol.